The number of halogens is 1. The Morgan fingerprint density at radius 2 is 1.90 bits per heavy atom. The van der Waals surface area contributed by atoms with E-state index in [2.05, 4.69) is 10.3 Å². The predicted octanol–water partition coefficient (Wildman–Crippen LogP) is 4.41. The van der Waals surface area contributed by atoms with E-state index in [0.717, 1.165) is 11.1 Å². The van der Waals surface area contributed by atoms with Crippen molar-refractivity contribution in [3.8, 4) is 0 Å². The van der Waals surface area contributed by atoms with Crippen molar-refractivity contribution in [3.05, 3.63) is 98.9 Å². The molecule has 0 aliphatic rings. The zero-order valence-corrected chi connectivity index (χ0v) is 17.0. The zero-order chi connectivity index (χ0) is 20.2. The first-order chi connectivity index (χ1) is 14.1. The second-order valence-corrected chi connectivity index (χ2v) is 7.93. The van der Waals surface area contributed by atoms with Crippen LogP contribution in [0.4, 0.5) is 0 Å². The molecular weight excluding hydrogens is 406 g/mol. The second kappa shape index (κ2) is 8.59. The molecule has 7 heteroatoms. The number of thiophene rings is 1. The van der Waals surface area contributed by atoms with E-state index < -0.39 is 0 Å². The molecule has 0 fully saturated rings. The summed E-state index contributed by atoms with van der Waals surface area (Å²) in [6.45, 7) is 0.264. The Morgan fingerprint density at radius 3 is 2.69 bits per heavy atom. The van der Waals surface area contributed by atoms with Gasteiger partial charge in [-0.25, -0.2) is 4.98 Å². The minimum atomic E-state index is -0.323. The molecule has 1 unspecified atom stereocenters. The first kappa shape index (κ1) is 19.4. The van der Waals surface area contributed by atoms with Crippen molar-refractivity contribution in [1.82, 2.24) is 14.9 Å². The molecule has 2 aromatic heterocycles. The molecule has 4 rings (SSSR count). The van der Waals surface area contributed by atoms with Crippen LogP contribution in [0.1, 0.15) is 23.6 Å². The number of aryl methyl sites for hydroxylation is 1. The molecule has 0 aliphatic heterocycles. The van der Waals surface area contributed by atoms with Gasteiger partial charge in [-0.1, -0.05) is 54.1 Å². The summed E-state index contributed by atoms with van der Waals surface area (Å²) < 4.78 is 1.48. The summed E-state index contributed by atoms with van der Waals surface area (Å²) in [6.07, 6.45) is 1.67. The van der Waals surface area contributed by atoms with Crippen molar-refractivity contribution in [2.45, 2.75) is 19.0 Å². The van der Waals surface area contributed by atoms with E-state index in [9.17, 15) is 9.59 Å². The van der Waals surface area contributed by atoms with Crippen molar-refractivity contribution < 1.29 is 4.79 Å². The van der Waals surface area contributed by atoms with Crippen LogP contribution < -0.4 is 10.9 Å². The summed E-state index contributed by atoms with van der Waals surface area (Å²) in [5.74, 6) is -0.156. The van der Waals surface area contributed by atoms with Gasteiger partial charge in [0.25, 0.3) is 5.56 Å². The van der Waals surface area contributed by atoms with E-state index in [1.54, 1.807) is 12.1 Å². The van der Waals surface area contributed by atoms with Crippen molar-refractivity contribution >= 4 is 39.1 Å². The molecule has 0 bridgehead atoms. The third-order valence-electron chi connectivity index (χ3n) is 4.65. The number of amides is 1. The summed E-state index contributed by atoms with van der Waals surface area (Å²) in [5.41, 5.74) is 1.73. The summed E-state index contributed by atoms with van der Waals surface area (Å²) in [4.78, 5) is 30.2. The lowest BCUT2D eigenvalue weighted by atomic mass is 9.98. The number of fused-ring (bicyclic) bond motifs is 1. The van der Waals surface area contributed by atoms with Gasteiger partial charge < -0.3 is 5.32 Å². The molecule has 2 heterocycles. The molecular formula is C22H18ClN3O2S. The van der Waals surface area contributed by atoms with E-state index in [1.807, 2.05) is 53.9 Å². The van der Waals surface area contributed by atoms with E-state index in [4.69, 9.17) is 11.6 Å². The van der Waals surface area contributed by atoms with Crippen LogP contribution in [0.2, 0.25) is 5.02 Å². The van der Waals surface area contributed by atoms with Crippen molar-refractivity contribution in [2.75, 3.05) is 0 Å². The van der Waals surface area contributed by atoms with Crippen LogP contribution in [0.3, 0.4) is 0 Å². The van der Waals surface area contributed by atoms with Crippen LogP contribution in [0.25, 0.3) is 10.2 Å². The number of rotatable bonds is 6. The highest BCUT2D eigenvalue weighted by atomic mass is 35.5. The molecule has 1 atom stereocenters. The van der Waals surface area contributed by atoms with Crippen LogP contribution in [0.5, 0.6) is 0 Å². The van der Waals surface area contributed by atoms with Gasteiger partial charge in [0.05, 0.1) is 17.8 Å². The van der Waals surface area contributed by atoms with Gasteiger partial charge in [0.1, 0.15) is 4.83 Å². The number of carbonyl (C=O) groups is 1. The SMILES string of the molecule is O=C(CCn1cnc2sccc2c1=O)NC(c1ccccc1)c1cccc(Cl)c1. The summed E-state index contributed by atoms with van der Waals surface area (Å²) in [7, 11) is 0. The van der Waals surface area contributed by atoms with Crippen LogP contribution in [0.15, 0.2) is 77.2 Å². The average molecular weight is 424 g/mol. The van der Waals surface area contributed by atoms with Gasteiger partial charge in [-0.05, 0) is 34.7 Å². The molecule has 146 valence electrons. The molecule has 0 aliphatic carbocycles. The van der Waals surface area contributed by atoms with Crippen LogP contribution >= 0.6 is 22.9 Å². The summed E-state index contributed by atoms with van der Waals surface area (Å²) >= 11 is 7.58. The first-order valence-electron chi connectivity index (χ1n) is 9.14. The van der Waals surface area contributed by atoms with Crippen LogP contribution in [0, 0.1) is 0 Å². The number of carbonyl (C=O) groups excluding carboxylic acids is 1. The topological polar surface area (TPSA) is 64.0 Å². The van der Waals surface area contributed by atoms with E-state index >= 15 is 0 Å². The molecule has 5 nitrogen and oxygen atoms in total. The number of hydrogen-bond donors (Lipinski definition) is 1. The highest BCUT2D eigenvalue weighted by Crippen LogP contribution is 2.24. The number of hydrogen-bond acceptors (Lipinski definition) is 4. The second-order valence-electron chi connectivity index (χ2n) is 6.60. The van der Waals surface area contributed by atoms with Gasteiger partial charge in [-0.2, -0.15) is 0 Å². The number of nitrogens with zero attached hydrogens (tertiary/aromatic N) is 2. The fraction of sp³-hybridized carbons (Fsp3) is 0.136. The molecule has 29 heavy (non-hydrogen) atoms. The Kier molecular flexibility index (Phi) is 5.74. The van der Waals surface area contributed by atoms with Crippen LogP contribution in [-0.2, 0) is 11.3 Å². The Bertz CT molecular complexity index is 1200. The number of benzene rings is 2. The highest BCUT2D eigenvalue weighted by molar-refractivity contribution is 7.16. The normalized spacial score (nSPS) is 12.0. The Morgan fingerprint density at radius 1 is 1.10 bits per heavy atom. The Hall–Kier alpha value is -2.96. The molecule has 1 amide bonds. The minimum absolute atomic E-state index is 0.126. The third kappa shape index (κ3) is 4.39. The lowest BCUT2D eigenvalue weighted by Gasteiger charge is -2.20. The molecule has 4 aromatic rings. The monoisotopic (exact) mass is 423 g/mol. The maximum Gasteiger partial charge on any atom is 0.262 e. The zero-order valence-electron chi connectivity index (χ0n) is 15.4. The smallest absolute Gasteiger partial charge is 0.262 e. The fourth-order valence-corrected chi connectivity index (χ4v) is 4.12. The Balaban J connectivity index is 1.52. The van der Waals surface area contributed by atoms with Crippen molar-refractivity contribution in [3.63, 3.8) is 0 Å². The summed E-state index contributed by atoms with van der Waals surface area (Å²) in [6, 6.07) is 18.6. The lowest BCUT2D eigenvalue weighted by molar-refractivity contribution is -0.121. The number of nitrogens with one attached hydrogen (secondary N) is 1. The van der Waals surface area contributed by atoms with Gasteiger partial charge in [-0.3, -0.25) is 14.2 Å². The third-order valence-corrected chi connectivity index (χ3v) is 5.71. The van der Waals surface area contributed by atoms with E-state index in [1.165, 1.54) is 22.2 Å². The molecule has 0 radical (unpaired) electrons. The van der Waals surface area contributed by atoms with Crippen molar-refractivity contribution in [2.24, 2.45) is 0 Å². The Labute approximate surface area is 176 Å². The molecule has 0 saturated heterocycles. The fourth-order valence-electron chi connectivity index (χ4n) is 3.20. The predicted molar refractivity (Wildman–Crippen MR) is 116 cm³/mol. The van der Waals surface area contributed by atoms with Gasteiger partial charge in [0.15, 0.2) is 0 Å². The molecule has 0 spiro atoms. The average Bonchev–Trinajstić information content (AvgIpc) is 3.22. The van der Waals surface area contributed by atoms with E-state index in [0.29, 0.717) is 15.2 Å². The maximum atomic E-state index is 12.7. The molecule has 0 saturated carbocycles. The molecule has 2 aromatic carbocycles. The quantitative estimate of drug-likeness (QED) is 0.499. The van der Waals surface area contributed by atoms with Gasteiger partial charge in [-0.15, -0.1) is 11.3 Å². The van der Waals surface area contributed by atoms with Gasteiger partial charge >= 0.3 is 0 Å². The van der Waals surface area contributed by atoms with Gasteiger partial charge in [0, 0.05) is 18.0 Å². The highest BCUT2D eigenvalue weighted by Gasteiger charge is 2.17. The maximum absolute atomic E-state index is 12.7. The van der Waals surface area contributed by atoms with E-state index in [-0.39, 0.29) is 30.5 Å². The first-order valence-corrected chi connectivity index (χ1v) is 10.4. The standard InChI is InChI=1S/C22H18ClN3O2S/c23-17-8-4-7-16(13-17)20(15-5-2-1-3-6-15)25-19(27)9-11-26-14-24-21-18(22(26)28)10-12-29-21/h1-8,10,12-14,20H,9,11H2,(H,25,27). The minimum Gasteiger partial charge on any atom is -0.345 e. The van der Waals surface area contributed by atoms with Gasteiger partial charge in [0.2, 0.25) is 5.91 Å². The van der Waals surface area contributed by atoms with Crippen molar-refractivity contribution in [1.29, 1.82) is 0 Å². The lowest BCUT2D eigenvalue weighted by Crippen LogP contribution is -2.31. The van der Waals surface area contributed by atoms with Crippen LogP contribution in [-0.4, -0.2) is 15.5 Å². The molecule has 1 N–H and O–H groups in total. The largest absolute Gasteiger partial charge is 0.345 e. The number of aromatic nitrogens is 2. The summed E-state index contributed by atoms with van der Waals surface area (Å²) in [5, 5.41) is 6.10.